The van der Waals surface area contributed by atoms with Gasteiger partial charge in [0.15, 0.2) is 10.6 Å². The van der Waals surface area contributed by atoms with Crippen LogP contribution in [0.4, 0.5) is 17.6 Å². The topological polar surface area (TPSA) is 41.5 Å². The number of nitrogens with one attached hydrogen (secondary N) is 1. The molecule has 0 radical (unpaired) electrons. The second-order valence-electron chi connectivity index (χ2n) is 8.74. The maximum Gasteiger partial charge on any atom is 0.409 e. The lowest BCUT2D eigenvalue weighted by atomic mass is 9.87. The van der Waals surface area contributed by atoms with E-state index in [-0.39, 0.29) is 17.2 Å². The zero-order chi connectivity index (χ0) is 25.0. The highest BCUT2D eigenvalue weighted by molar-refractivity contribution is 7.99. The predicted octanol–water partition coefficient (Wildman–Crippen LogP) is 7.72. The molecule has 182 valence electrons. The quantitative estimate of drug-likeness (QED) is 0.204. The SMILES string of the molecule is O=C(NCC1CC1)c1ccc(C2=NSC(c3cc(Cl)c(F)c(Cl)c3)(C(F)(F)F)C2)c2ccccc12. The molecule has 3 aromatic carbocycles. The molecule has 35 heavy (non-hydrogen) atoms. The van der Waals surface area contributed by atoms with Crippen LogP contribution in [0.3, 0.4) is 0 Å². The van der Waals surface area contributed by atoms with Crippen molar-refractivity contribution in [2.24, 2.45) is 10.3 Å². The van der Waals surface area contributed by atoms with Crippen molar-refractivity contribution >= 4 is 57.5 Å². The van der Waals surface area contributed by atoms with Crippen molar-refractivity contribution in [3.05, 3.63) is 81.1 Å². The summed E-state index contributed by atoms with van der Waals surface area (Å²) in [5.74, 6) is -0.680. The molecule has 1 unspecified atom stereocenters. The van der Waals surface area contributed by atoms with Crippen LogP contribution in [0, 0.1) is 11.7 Å². The van der Waals surface area contributed by atoms with E-state index in [4.69, 9.17) is 23.2 Å². The number of benzene rings is 3. The zero-order valence-corrected chi connectivity index (χ0v) is 20.4. The van der Waals surface area contributed by atoms with Crippen LogP contribution in [-0.4, -0.2) is 24.3 Å². The summed E-state index contributed by atoms with van der Waals surface area (Å²) >= 11 is 12.0. The van der Waals surface area contributed by atoms with Gasteiger partial charge in [0.2, 0.25) is 0 Å². The van der Waals surface area contributed by atoms with Crippen LogP contribution in [0.1, 0.15) is 40.7 Å². The van der Waals surface area contributed by atoms with Gasteiger partial charge in [-0.25, -0.2) is 8.79 Å². The minimum atomic E-state index is -4.73. The molecule has 1 amide bonds. The van der Waals surface area contributed by atoms with E-state index < -0.39 is 33.2 Å². The van der Waals surface area contributed by atoms with Crippen molar-refractivity contribution in [3.8, 4) is 0 Å². The number of amides is 1. The average molecular weight is 541 g/mol. The Morgan fingerprint density at radius 2 is 1.74 bits per heavy atom. The Kier molecular flexibility index (Phi) is 6.26. The van der Waals surface area contributed by atoms with Gasteiger partial charge in [0, 0.05) is 24.1 Å². The Balaban J connectivity index is 1.53. The highest BCUT2D eigenvalue weighted by atomic mass is 35.5. The summed E-state index contributed by atoms with van der Waals surface area (Å²) in [5, 5.41) is 3.21. The number of halogens is 6. The maximum absolute atomic E-state index is 14.5. The van der Waals surface area contributed by atoms with Crippen molar-refractivity contribution in [1.82, 2.24) is 5.32 Å². The molecule has 1 N–H and O–H groups in total. The third kappa shape index (κ3) is 4.41. The molecule has 10 heteroatoms. The van der Waals surface area contributed by atoms with Gasteiger partial charge in [-0.3, -0.25) is 4.79 Å². The van der Waals surface area contributed by atoms with Crippen LogP contribution < -0.4 is 5.32 Å². The summed E-state index contributed by atoms with van der Waals surface area (Å²) < 4.78 is 59.1. The minimum absolute atomic E-state index is 0.213. The maximum atomic E-state index is 14.5. The summed E-state index contributed by atoms with van der Waals surface area (Å²) in [6.45, 7) is 0.606. The van der Waals surface area contributed by atoms with E-state index >= 15 is 0 Å². The van der Waals surface area contributed by atoms with E-state index in [9.17, 15) is 22.4 Å². The number of alkyl halides is 3. The van der Waals surface area contributed by atoms with Gasteiger partial charge in [0.25, 0.3) is 5.91 Å². The van der Waals surface area contributed by atoms with Crippen molar-refractivity contribution in [3.63, 3.8) is 0 Å². The van der Waals surface area contributed by atoms with E-state index in [2.05, 4.69) is 9.71 Å². The van der Waals surface area contributed by atoms with Crippen LogP contribution in [0.2, 0.25) is 10.0 Å². The zero-order valence-electron chi connectivity index (χ0n) is 18.1. The summed E-state index contributed by atoms with van der Waals surface area (Å²) in [6, 6.07) is 12.2. The molecular formula is C25H18Cl2F4N2OS. The lowest BCUT2D eigenvalue weighted by Crippen LogP contribution is -2.38. The Bertz CT molecular complexity index is 1350. The van der Waals surface area contributed by atoms with Gasteiger partial charge in [0.05, 0.1) is 15.8 Å². The first kappa shape index (κ1) is 24.4. The monoisotopic (exact) mass is 540 g/mol. The largest absolute Gasteiger partial charge is 0.409 e. The van der Waals surface area contributed by atoms with Crippen LogP contribution >= 0.6 is 35.1 Å². The second-order valence-corrected chi connectivity index (χ2v) is 10.6. The number of nitrogens with zero attached hydrogens (tertiary/aromatic N) is 1. The Morgan fingerprint density at radius 1 is 1.09 bits per heavy atom. The van der Waals surface area contributed by atoms with Crippen molar-refractivity contribution in [2.75, 3.05) is 6.54 Å². The number of carbonyl (C=O) groups is 1. The van der Waals surface area contributed by atoms with Crippen LogP contribution in [0.25, 0.3) is 10.8 Å². The molecule has 2 aliphatic rings. The third-order valence-electron chi connectivity index (χ3n) is 6.36. The Labute approximate surface area is 213 Å². The first-order valence-corrected chi connectivity index (χ1v) is 12.4. The molecule has 5 rings (SSSR count). The average Bonchev–Trinajstić information content (AvgIpc) is 3.54. The molecule has 0 aromatic heterocycles. The molecular weight excluding hydrogens is 523 g/mol. The van der Waals surface area contributed by atoms with E-state index in [0.29, 0.717) is 46.3 Å². The number of rotatable bonds is 5. The molecule has 0 saturated heterocycles. The van der Waals surface area contributed by atoms with Gasteiger partial charge in [-0.1, -0.05) is 53.5 Å². The van der Waals surface area contributed by atoms with Crippen LogP contribution in [-0.2, 0) is 4.75 Å². The molecule has 1 saturated carbocycles. The van der Waals surface area contributed by atoms with E-state index in [0.717, 1.165) is 25.0 Å². The molecule has 3 aromatic rings. The van der Waals surface area contributed by atoms with Gasteiger partial charge in [-0.15, -0.1) is 0 Å². The van der Waals surface area contributed by atoms with E-state index in [1.807, 2.05) is 0 Å². The summed E-state index contributed by atoms with van der Waals surface area (Å²) in [4.78, 5) is 12.8. The van der Waals surface area contributed by atoms with Crippen LogP contribution in [0.5, 0.6) is 0 Å². The Morgan fingerprint density at radius 3 is 2.37 bits per heavy atom. The minimum Gasteiger partial charge on any atom is -0.352 e. The van der Waals surface area contributed by atoms with Crippen molar-refractivity contribution < 1.29 is 22.4 Å². The highest BCUT2D eigenvalue weighted by Gasteiger charge is 2.60. The molecule has 1 atom stereocenters. The number of carbonyl (C=O) groups excluding carboxylic acids is 1. The molecule has 0 spiro atoms. The smallest absolute Gasteiger partial charge is 0.352 e. The van der Waals surface area contributed by atoms with Gasteiger partial charge in [0.1, 0.15) is 0 Å². The normalized spacial score (nSPS) is 20.2. The summed E-state index contributed by atoms with van der Waals surface area (Å²) in [6.07, 6.45) is -3.03. The van der Waals surface area contributed by atoms with Gasteiger partial charge in [-0.2, -0.15) is 13.2 Å². The molecule has 0 bridgehead atoms. The lowest BCUT2D eigenvalue weighted by molar-refractivity contribution is -0.159. The predicted molar refractivity (Wildman–Crippen MR) is 132 cm³/mol. The van der Waals surface area contributed by atoms with Gasteiger partial charge < -0.3 is 5.32 Å². The molecule has 1 fully saturated rings. The number of hydrogen-bond donors (Lipinski definition) is 1. The molecule has 1 aliphatic heterocycles. The standard InChI is InChI=1S/C25H18Cl2F4N2OS/c26-19-9-14(10-20(27)22(19)28)24(25(29,30)31)11-21(33-35-24)17-7-8-18(16-4-2-1-3-15(16)17)23(34)32-12-13-5-6-13/h1-4,7-10,13H,5-6,11-12H2,(H,32,34). The number of fused-ring (bicyclic) bond motifs is 1. The highest BCUT2D eigenvalue weighted by Crippen LogP contribution is 2.57. The fourth-order valence-electron chi connectivity index (χ4n) is 4.24. The van der Waals surface area contributed by atoms with Gasteiger partial charge in [-0.05, 0) is 65.2 Å². The van der Waals surface area contributed by atoms with E-state index in [1.165, 1.54) is 0 Å². The first-order chi connectivity index (χ1) is 16.6. The summed E-state index contributed by atoms with van der Waals surface area (Å²) in [7, 11) is 0. The van der Waals surface area contributed by atoms with Gasteiger partial charge >= 0.3 is 6.18 Å². The Hall–Kier alpha value is -2.29. The van der Waals surface area contributed by atoms with Crippen molar-refractivity contribution in [2.45, 2.75) is 30.2 Å². The van der Waals surface area contributed by atoms with Crippen molar-refractivity contribution in [1.29, 1.82) is 0 Å². The first-order valence-electron chi connectivity index (χ1n) is 10.9. The fourth-order valence-corrected chi connectivity index (χ4v) is 5.68. The lowest BCUT2D eigenvalue weighted by Gasteiger charge is -2.30. The number of hydrogen-bond acceptors (Lipinski definition) is 3. The second kappa shape index (κ2) is 8.98. The summed E-state index contributed by atoms with van der Waals surface area (Å²) in [5.41, 5.74) is 0.892. The molecule has 1 heterocycles. The fraction of sp³-hybridized carbons (Fsp3) is 0.280. The van der Waals surface area contributed by atoms with E-state index in [1.54, 1.807) is 36.4 Å². The third-order valence-corrected chi connectivity index (χ3v) is 8.15. The van der Waals surface area contributed by atoms with Crippen LogP contribution in [0.15, 0.2) is 52.9 Å². The molecule has 1 aliphatic carbocycles. The molecule has 3 nitrogen and oxygen atoms in total.